The van der Waals surface area contributed by atoms with Crippen LogP contribution in [-0.2, 0) is 24.3 Å². The van der Waals surface area contributed by atoms with Gasteiger partial charge in [-0.1, -0.05) is 23.8 Å². The number of fused-ring (bicyclic) bond motifs is 1. The predicted molar refractivity (Wildman–Crippen MR) is 100 cm³/mol. The Bertz CT molecular complexity index is 959. The van der Waals surface area contributed by atoms with Gasteiger partial charge in [0.2, 0.25) is 10.0 Å². The molecule has 0 radical (unpaired) electrons. The first-order chi connectivity index (χ1) is 12.6. The van der Waals surface area contributed by atoms with Crippen LogP contribution in [0.25, 0.3) is 0 Å². The summed E-state index contributed by atoms with van der Waals surface area (Å²) in [6.45, 7) is 6.71. The van der Waals surface area contributed by atoms with Gasteiger partial charge >= 0.3 is 5.97 Å². The van der Waals surface area contributed by atoms with Crippen molar-refractivity contribution in [1.29, 1.82) is 0 Å². The van der Waals surface area contributed by atoms with Gasteiger partial charge in [0.1, 0.15) is 5.76 Å². The lowest BCUT2D eigenvalue weighted by Crippen LogP contribution is -2.48. The molecule has 0 amide bonds. The van der Waals surface area contributed by atoms with Crippen molar-refractivity contribution >= 4 is 21.8 Å². The molecule has 1 aromatic carbocycles. The van der Waals surface area contributed by atoms with Gasteiger partial charge in [0, 0.05) is 25.8 Å². The second-order valence-electron chi connectivity index (χ2n) is 7.28. The van der Waals surface area contributed by atoms with Gasteiger partial charge in [-0.05, 0) is 44.6 Å². The van der Waals surface area contributed by atoms with E-state index in [0.29, 0.717) is 11.3 Å². The number of ether oxygens (including phenoxy) is 1. The Balaban J connectivity index is 2.13. The van der Waals surface area contributed by atoms with Crippen molar-refractivity contribution in [2.24, 2.45) is 5.92 Å². The fourth-order valence-electron chi connectivity index (χ4n) is 3.84. The van der Waals surface area contributed by atoms with Gasteiger partial charge in [-0.15, -0.1) is 0 Å². The van der Waals surface area contributed by atoms with Gasteiger partial charge < -0.3 is 4.74 Å². The summed E-state index contributed by atoms with van der Waals surface area (Å²) in [5, 5.41) is 0. The van der Waals surface area contributed by atoms with Gasteiger partial charge in [0.25, 0.3) is 0 Å². The molecule has 0 saturated carbocycles. The summed E-state index contributed by atoms with van der Waals surface area (Å²) in [6, 6.07) is 6.68. The molecule has 27 heavy (non-hydrogen) atoms. The Kier molecular flexibility index (Phi) is 4.86. The number of benzene rings is 1. The summed E-state index contributed by atoms with van der Waals surface area (Å²) in [5.41, 5.74) is 0.740. The summed E-state index contributed by atoms with van der Waals surface area (Å²) in [7, 11) is -3.80. The molecule has 0 aromatic heterocycles. The molecule has 1 fully saturated rings. The molecular formula is C20H23NO5S. The Morgan fingerprint density at radius 2 is 1.85 bits per heavy atom. The van der Waals surface area contributed by atoms with E-state index in [2.05, 4.69) is 0 Å². The molecule has 2 aliphatic rings. The van der Waals surface area contributed by atoms with Gasteiger partial charge in [0.15, 0.2) is 5.78 Å². The largest absolute Gasteiger partial charge is 0.432 e. The summed E-state index contributed by atoms with van der Waals surface area (Å²) in [4.78, 5) is 23.6. The number of hydrogen-bond donors (Lipinski definition) is 0. The number of nitrogens with zero attached hydrogens (tertiary/aromatic N) is 1. The topological polar surface area (TPSA) is 80.8 Å². The molecule has 1 aromatic rings. The molecule has 3 rings (SSSR count). The SMILES string of the molecule is CC(=O)O/C(C)=C1\CN(S(=O)(=O)c2ccc(C)cc2)[C@]2(C)C=CC(=O)C[C@H]12. The van der Waals surface area contributed by atoms with Crippen LogP contribution in [0.1, 0.15) is 32.8 Å². The third kappa shape index (κ3) is 3.37. The van der Waals surface area contributed by atoms with Crippen LogP contribution in [0.3, 0.4) is 0 Å². The Morgan fingerprint density at radius 3 is 2.44 bits per heavy atom. The van der Waals surface area contributed by atoms with E-state index in [-0.39, 0.29) is 29.6 Å². The minimum Gasteiger partial charge on any atom is -0.432 e. The van der Waals surface area contributed by atoms with Crippen LogP contribution in [-0.4, -0.2) is 36.6 Å². The van der Waals surface area contributed by atoms with Crippen LogP contribution in [0.15, 0.2) is 52.6 Å². The molecule has 7 heteroatoms. The van der Waals surface area contributed by atoms with E-state index in [0.717, 1.165) is 5.56 Å². The zero-order chi connectivity index (χ0) is 20.0. The average Bonchev–Trinajstić information content (AvgIpc) is 2.88. The molecule has 1 saturated heterocycles. The van der Waals surface area contributed by atoms with Crippen molar-refractivity contribution in [3.63, 3.8) is 0 Å². The lowest BCUT2D eigenvalue weighted by Gasteiger charge is -2.37. The molecular weight excluding hydrogens is 366 g/mol. The van der Waals surface area contributed by atoms with Crippen LogP contribution in [0.5, 0.6) is 0 Å². The molecule has 0 unspecified atom stereocenters. The number of sulfonamides is 1. The highest BCUT2D eigenvalue weighted by Crippen LogP contribution is 2.47. The Labute approximate surface area is 159 Å². The van der Waals surface area contributed by atoms with Crippen LogP contribution in [0.4, 0.5) is 0 Å². The average molecular weight is 389 g/mol. The lowest BCUT2D eigenvalue weighted by molar-refractivity contribution is -0.136. The first kappa shape index (κ1) is 19.5. The van der Waals surface area contributed by atoms with Gasteiger partial charge in [-0.3, -0.25) is 9.59 Å². The Hall–Kier alpha value is -2.25. The summed E-state index contributed by atoms with van der Waals surface area (Å²) in [5.74, 6) is -0.544. The molecule has 144 valence electrons. The number of rotatable bonds is 3. The van der Waals surface area contributed by atoms with Gasteiger partial charge in [0.05, 0.1) is 10.4 Å². The fourth-order valence-corrected chi connectivity index (χ4v) is 5.59. The van der Waals surface area contributed by atoms with Gasteiger partial charge in [-0.25, -0.2) is 8.42 Å². The molecule has 0 bridgehead atoms. The molecule has 1 aliphatic heterocycles. The second-order valence-corrected chi connectivity index (χ2v) is 9.14. The number of esters is 1. The van der Waals surface area contributed by atoms with E-state index in [1.54, 1.807) is 44.2 Å². The van der Waals surface area contributed by atoms with Crippen LogP contribution in [0.2, 0.25) is 0 Å². The smallest absolute Gasteiger partial charge is 0.307 e. The van der Waals surface area contributed by atoms with Crippen molar-refractivity contribution in [3.05, 3.63) is 53.3 Å². The highest BCUT2D eigenvalue weighted by molar-refractivity contribution is 7.89. The highest BCUT2D eigenvalue weighted by atomic mass is 32.2. The van der Waals surface area contributed by atoms with E-state index in [9.17, 15) is 18.0 Å². The van der Waals surface area contributed by atoms with Crippen LogP contribution < -0.4 is 0 Å². The van der Waals surface area contributed by atoms with Crippen molar-refractivity contribution in [2.75, 3.05) is 6.54 Å². The minimum absolute atomic E-state index is 0.0693. The van der Waals surface area contributed by atoms with Crippen molar-refractivity contribution in [2.45, 2.75) is 44.6 Å². The van der Waals surface area contributed by atoms with Crippen molar-refractivity contribution in [3.8, 4) is 0 Å². The lowest BCUT2D eigenvalue weighted by atomic mass is 9.77. The quantitative estimate of drug-likeness (QED) is 0.587. The molecule has 1 heterocycles. The molecule has 0 spiro atoms. The second kappa shape index (κ2) is 6.73. The summed E-state index contributed by atoms with van der Waals surface area (Å²) < 4.78 is 33.3. The van der Waals surface area contributed by atoms with E-state index < -0.39 is 21.5 Å². The zero-order valence-electron chi connectivity index (χ0n) is 15.9. The van der Waals surface area contributed by atoms with Crippen molar-refractivity contribution in [1.82, 2.24) is 4.31 Å². The minimum atomic E-state index is -3.80. The first-order valence-electron chi connectivity index (χ1n) is 8.75. The maximum atomic E-state index is 13.4. The third-order valence-electron chi connectivity index (χ3n) is 5.35. The predicted octanol–water partition coefficient (Wildman–Crippen LogP) is 2.74. The molecule has 6 nitrogen and oxygen atoms in total. The third-order valence-corrected chi connectivity index (χ3v) is 7.32. The monoisotopic (exact) mass is 389 g/mol. The van der Waals surface area contributed by atoms with E-state index in [1.165, 1.54) is 17.3 Å². The Morgan fingerprint density at radius 1 is 1.22 bits per heavy atom. The molecule has 0 N–H and O–H groups in total. The first-order valence-corrected chi connectivity index (χ1v) is 10.2. The maximum Gasteiger partial charge on any atom is 0.307 e. The highest BCUT2D eigenvalue weighted by Gasteiger charge is 2.54. The van der Waals surface area contributed by atoms with Crippen molar-refractivity contribution < 1.29 is 22.7 Å². The normalized spacial score (nSPS) is 27.4. The summed E-state index contributed by atoms with van der Waals surface area (Å²) in [6.07, 6.45) is 3.28. The fraction of sp³-hybridized carbons (Fsp3) is 0.400. The van der Waals surface area contributed by atoms with E-state index in [1.807, 2.05) is 6.92 Å². The van der Waals surface area contributed by atoms with Gasteiger partial charge in [-0.2, -0.15) is 4.31 Å². The number of carbonyl (C=O) groups is 2. The van der Waals surface area contributed by atoms with Crippen LogP contribution >= 0.6 is 0 Å². The van der Waals surface area contributed by atoms with E-state index in [4.69, 9.17) is 4.74 Å². The van der Waals surface area contributed by atoms with Crippen LogP contribution in [0, 0.1) is 12.8 Å². The number of carbonyl (C=O) groups excluding carboxylic acids is 2. The zero-order valence-corrected chi connectivity index (χ0v) is 16.7. The molecule has 1 aliphatic carbocycles. The van der Waals surface area contributed by atoms with E-state index >= 15 is 0 Å². The summed E-state index contributed by atoms with van der Waals surface area (Å²) >= 11 is 0. The number of allylic oxidation sites excluding steroid dienone is 2. The number of hydrogen-bond acceptors (Lipinski definition) is 5. The standard InChI is InChI=1S/C20H23NO5S/c1-13-5-7-17(8-6-13)27(24,25)21-12-18(14(2)26-15(3)22)19-11-16(23)9-10-20(19,21)4/h5-10,19H,11-12H2,1-4H3/b18-14+/t19-,20-/m1/s1. The number of aryl methyl sites for hydroxylation is 1. The maximum absolute atomic E-state index is 13.4. The number of ketones is 1. The molecule has 2 atom stereocenters.